The number of anilines is 1. The van der Waals surface area contributed by atoms with Gasteiger partial charge in [-0.2, -0.15) is 0 Å². The Balaban J connectivity index is 1.17. The third kappa shape index (κ3) is 6.10. The summed E-state index contributed by atoms with van der Waals surface area (Å²) in [6.45, 7) is 6.90. The second kappa shape index (κ2) is 10.3. The molecule has 2 fully saturated rings. The first kappa shape index (κ1) is 21.9. The molecular formula is C29H33N3O. The van der Waals surface area contributed by atoms with Gasteiger partial charge in [0.05, 0.1) is 0 Å². The van der Waals surface area contributed by atoms with E-state index in [1.165, 1.54) is 44.5 Å². The van der Waals surface area contributed by atoms with Gasteiger partial charge in [-0.15, -0.1) is 0 Å². The summed E-state index contributed by atoms with van der Waals surface area (Å²) in [5, 5.41) is 3.08. The van der Waals surface area contributed by atoms with Crippen molar-refractivity contribution >= 4 is 11.6 Å². The van der Waals surface area contributed by atoms with E-state index >= 15 is 0 Å². The number of nitrogens with one attached hydrogen (secondary N) is 1. The van der Waals surface area contributed by atoms with Crippen LogP contribution in [0.4, 0.5) is 5.69 Å². The van der Waals surface area contributed by atoms with E-state index in [1.54, 1.807) is 0 Å². The molecule has 1 amide bonds. The highest BCUT2D eigenvalue weighted by Crippen LogP contribution is 2.30. The van der Waals surface area contributed by atoms with Crippen LogP contribution in [0.2, 0.25) is 0 Å². The summed E-state index contributed by atoms with van der Waals surface area (Å²) in [4.78, 5) is 18.0. The van der Waals surface area contributed by atoms with E-state index < -0.39 is 0 Å². The lowest BCUT2D eigenvalue weighted by molar-refractivity contribution is 0.102. The monoisotopic (exact) mass is 439 g/mol. The van der Waals surface area contributed by atoms with E-state index in [0.717, 1.165) is 42.4 Å². The number of benzene rings is 3. The van der Waals surface area contributed by atoms with Crippen LogP contribution in [0.3, 0.4) is 0 Å². The van der Waals surface area contributed by atoms with Gasteiger partial charge in [-0.1, -0.05) is 54.6 Å². The highest BCUT2D eigenvalue weighted by atomic mass is 16.1. The first-order chi connectivity index (χ1) is 16.2. The number of rotatable bonds is 7. The molecule has 0 radical (unpaired) electrons. The number of hydrogen-bond acceptors (Lipinski definition) is 3. The predicted molar refractivity (Wildman–Crippen MR) is 135 cm³/mol. The van der Waals surface area contributed by atoms with Gasteiger partial charge >= 0.3 is 0 Å². The molecule has 170 valence electrons. The minimum Gasteiger partial charge on any atom is -0.322 e. The molecule has 1 N–H and O–H groups in total. The first-order valence-corrected chi connectivity index (χ1v) is 12.2. The van der Waals surface area contributed by atoms with E-state index in [0.29, 0.717) is 5.56 Å². The Morgan fingerprint density at radius 1 is 0.788 bits per heavy atom. The molecule has 2 aliphatic rings. The van der Waals surface area contributed by atoms with Gasteiger partial charge in [0, 0.05) is 37.4 Å². The average Bonchev–Trinajstić information content (AvgIpc) is 3.69. The third-order valence-corrected chi connectivity index (χ3v) is 6.74. The average molecular weight is 440 g/mol. The Bertz CT molecular complexity index is 1060. The SMILES string of the molecule is O=C(Nc1cccc(CN2CCCN(CC3CC3)CC2)c1)c1ccc(-c2ccccc2)cc1. The topological polar surface area (TPSA) is 35.6 Å². The molecule has 5 rings (SSSR count). The van der Waals surface area contributed by atoms with Crippen LogP contribution >= 0.6 is 0 Å². The molecule has 3 aromatic carbocycles. The summed E-state index contributed by atoms with van der Waals surface area (Å²) in [5.74, 6) is 0.892. The standard InChI is InChI=1S/C29H33N3O/c33-29(27-14-12-26(13-15-27)25-7-2-1-3-8-25)30-28-9-4-6-24(20-28)22-32-17-5-16-31(18-19-32)21-23-10-11-23/h1-4,6-9,12-15,20,23H,5,10-11,16-19,21-22H2,(H,30,33). The number of amides is 1. The lowest BCUT2D eigenvalue weighted by atomic mass is 10.0. The van der Waals surface area contributed by atoms with Gasteiger partial charge in [0.15, 0.2) is 0 Å². The van der Waals surface area contributed by atoms with Crippen molar-refractivity contribution < 1.29 is 4.79 Å². The molecule has 1 aliphatic carbocycles. The Morgan fingerprint density at radius 3 is 2.30 bits per heavy atom. The zero-order chi connectivity index (χ0) is 22.5. The maximum atomic E-state index is 12.8. The van der Waals surface area contributed by atoms with Gasteiger partial charge in [-0.3, -0.25) is 9.69 Å². The van der Waals surface area contributed by atoms with Crippen molar-refractivity contribution in [1.29, 1.82) is 0 Å². The van der Waals surface area contributed by atoms with Gasteiger partial charge in [-0.25, -0.2) is 0 Å². The van der Waals surface area contributed by atoms with Crippen molar-refractivity contribution in [2.24, 2.45) is 5.92 Å². The van der Waals surface area contributed by atoms with Crippen LogP contribution in [0.25, 0.3) is 11.1 Å². The molecule has 1 aliphatic heterocycles. The van der Waals surface area contributed by atoms with Crippen molar-refractivity contribution in [3.8, 4) is 11.1 Å². The molecule has 4 nitrogen and oxygen atoms in total. The summed E-state index contributed by atoms with van der Waals surface area (Å²) in [5.41, 5.74) is 5.05. The number of carbonyl (C=O) groups excluding carboxylic acids is 1. The lowest BCUT2D eigenvalue weighted by Gasteiger charge is -2.22. The smallest absolute Gasteiger partial charge is 0.255 e. The molecule has 0 unspecified atom stereocenters. The van der Waals surface area contributed by atoms with E-state index in [9.17, 15) is 4.79 Å². The molecule has 1 saturated heterocycles. The predicted octanol–water partition coefficient (Wildman–Crippen LogP) is 5.52. The van der Waals surface area contributed by atoms with E-state index in [-0.39, 0.29) is 5.91 Å². The van der Waals surface area contributed by atoms with Crippen LogP contribution < -0.4 is 5.32 Å². The van der Waals surface area contributed by atoms with Gasteiger partial charge in [-0.05, 0) is 79.2 Å². The highest BCUT2D eigenvalue weighted by Gasteiger charge is 2.25. The quantitative estimate of drug-likeness (QED) is 0.526. The molecular weight excluding hydrogens is 406 g/mol. The molecule has 1 saturated carbocycles. The largest absolute Gasteiger partial charge is 0.322 e. The fourth-order valence-electron chi connectivity index (χ4n) is 4.68. The fraction of sp³-hybridized carbons (Fsp3) is 0.345. The number of hydrogen-bond donors (Lipinski definition) is 1. The van der Waals surface area contributed by atoms with Crippen molar-refractivity contribution in [2.45, 2.75) is 25.8 Å². The highest BCUT2D eigenvalue weighted by molar-refractivity contribution is 6.04. The number of nitrogens with zero attached hydrogens (tertiary/aromatic N) is 2. The molecule has 4 heteroatoms. The molecule has 3 aromatic rings. The maximum absolute atomic E-state index is 12.8. The van der Waals surface area contributed by atoms with Crippen molar-refractivity contribution in [1.82, 2.24) is 9.80 Å². The Kier molecular flexibility index (Phi) is 6.84. The van der Waals surface area contributed by atoms with Crippen molar-refractivity contribution in [3.05, 3.63) is 90.0 Å². The Labute approximate surface area is 197 Å². The second-order valence-corrected chi connectivity index (χ2v) is 9.47. The summed E-state index contributed by atoms with van der Waals surface area (Å²) >= 11 is 0. The molecule has 0 atom stereocenters. The van der Waals surface area contributed by atoms with Crippen molar-refractivity contribution in [2.75, 3.05) is 38.0 Å². The van der Waals surface area contributed by atoms with Gasteiger partial charge in [0.25, 0.3) is 5.91 Å². The van der Waals surface area contributed by atoms with Crippen molar-refractivity contribution in [3.63, 3.8) is 0 Å². The van der Waals surface area contributed by atoms with Crippen LogP contribution in [0.15, 0.2) is 78.9 Å². The normalized spacial score (nSPS) is 17.5. The summed E-state index contributed by atoms with van der Waals surface area (Å²) < 4.78 is 0. The summed E-state index contributed by atoms with van der Waals surface area (Å²) in [7, 11) is 0. The molecule has 1 heterocycles. The van der Waals surface area contributed by atoms with Gasteiger partial charge in [0.2, 0.25) is 0 Å². The second-order valence-electron chi connectivity index (χ2n) is 9.47. The molecule has 33 heavy (non-hydrogen) atoms. The Hall–Kier alpha value is -2.95. The van der Waals surface area contributed by atoms with Crippen LogP contribution in [0.1, 0.15) is 35.2 Å². The molecule has 0 aromatic heterocycles. The maximum Gasteiger partial charge on any atom is 0.255 e. The van der Waals surface area contributed by atoms with Crippen LogP contribution in [0, 0.1) is 5.92 Å². The zero-order valence-corrected chi connectivity index (χ0v) is 19.2. The minimum absolute atomic E-state index is 0.0720. The lowest BCUT2D eigenvalue weighted by Crippen LogP contribution is -2.31. The molecule has 0 bridgehead atoms. The summed E-state index contributed by atoms with van der Waals surface area (Å²) in [6.07, 6.45) is 4.09. The van der Waals surface area contributed by atoms with Crippen LogP contribution in [-0.2, 0) is 6.54 Å². The van der Waals surface area contributed by atoms with E-state index in [4.69, 9.17) is 0 Å². The Morgan fingerprint density at radius 2 is 1.52 bits per heavy atom. The zero-order valence-electron chi connectivity index (χ0n) is 19.2. The summed E-state index contributed by atoms with van der Waals surface area (Å²) in [6, 6.07) is 26.3. The number of carbonyl (C=O) groups is 1. The third-order valence-electron chi connectivity index (χ3n) is 6.74. The van der Waals surface area contributed by atoms with Gasteiger partial charge < -0.3 is 10.2 Å². The van der Waals surface area contributed by atoms with Crippen LogP contribution in [0.5, 0.6) is 0 Å². The fourth-order valence-corrected chi connectivity index (χ4v) is 4.68. The molecule has 0 spiro atoms. The van der Waals surface area contributed by atoms with Crippen LogP contribution in [-0.4, -0.2) is 48.4 Å². The van der Waals surface area contributed by atoms with E-state index in [1.807, 2.05) is 54.6 Å². The minimum atomic E-state index is -0.0720. The first-order valence-electron chi connectivity index (χ1n) is 12.2. The van der Waals surface area contributed by atoms with E-state index in [2.05, 4.69) is 39.4 Å². The van der Waals surface area contributed by atoms with Gasteiger partial charge in [0.1, 0.15) is 0 Å².